The molecule has 0 saturated heterocycles. The molecule has 3 aromatic rings. The van der Waals surface area contributed by atoms with Crippen molar-refractivity contribution in [2.45, 2.75) is 38.9 Å². The number of benzene rings is 2. The van der Waals surface area contributed by atoms with Crippen molar-refractivity contribution in [3.8, 4) is 11.4 Å². The molecule has 1 unspecified atom stereocenters. The Morgan fingerprint density at radius 2 is 1.84 bits per heavy atom. The van der Waals surface area contributed by atoms with Gasteiger partial charge in [-0.15, -0.1) is 5.10 Å². The Bertz CT molecular complexity index is 1110. The molecule has 8 heteroatoms. The summed E-state index contributed by atoms with van der Waals surface area (Å²) in [5.74, 6) is 0.159. The van der Waals surface area contributed by atoms with E-state index in [9.17, 15) is 9.59 Å². The lowest BCUT2D eigenvalue weighted by Crippen LogP contribution is -2.48. The third-order valence-electron chi connectivity index (χ3n) is 5.06. The highest BCUT2D eigenvalue weighted by Crippen LogP contribution is 2.34. The number of nitrogens with zero attached hydrogens (tertiary/aromatic N) is 4. The number of rotatable bonds is 4. The Labute approximate surface area is 180 Å². The predicted octanol–water partition coefficient (Wildman–Crippen LogP) is 2.89. The molecular weight excluding hydrogens is 394 g/mol. The first-order valence-electron chi connectivity index (χ1n) is 10.0. The van der Waals surface area contributed by atoms with Crippen LogP contribution >= 0.6 is 0 Å². The van der Waals surface area contributed by atoms with Gasteiger partial charge in [-0.25, -0.2) is 4.68 Å². The van der Waals surface area contributed by atoms with Gasteiger partial charge in [0.1, 0.15) is 11.8 Å². The number of hydrogen-bond donors (Lipinski definition) is 1. The maximum Gasteiger partial charge on any atom is 0.275 e. The van der Waals surface area contributed by atoms with Crippen molar-refractivity contribution in [3.05, 3.63) is 71.5 Å². The van der Waals surface area contributed by atoms with Crippen molar-refractivity contribution < 1.29 is 14.3 Å². The van der Waals surface area contributed by atoms with E-state index in [0.717, 1.165) is 11.3 Å². The summed E-state index contributed by atoms with van der Waals surface area (Å²) in [5, 5.41) is 11.1. The van der Waals surface area contributed by atoms with Crippen molar-refractivity contribution in [1.29, 1.82) is 0 Å². The first-order valence-corrected chi connectivity index (χ1v) is 10.0. The zero-order valence-corrected chi connectivity index (χ0v) is 18.0. The quantitative estimate of drug-likeness (QED) is 0.702. The van der Waals surface area contributed by atoms with E-state index in [4.69, 9.17) is 4.74 Å². The average molecular weight is 419 g/mol. The summed E-state index contributed by atoms with van der Waals surface area (Å²) in [7, 11) is 1.60. The lowest BCUT2D eigenvalue weighted by molar-refractivity contribution is -0.127. The summed E-state index contributed by atoms with van der Waals surface area (Å²) in [5.41, 5.74) is 2.08. The second-order valence-corrected chi connectivity index (χ2v) is 8.51. The number of nitrogens with one attached hydrogen (secondary N) is 1. The number of carbonyl (C=O) groups is 2. The van der Waals surface area contributed by atoms with Crippen molar-refractivity contribution in [2.24, 2.45) is 0 Å². The maximum atomic E-state index is 13.6. The monoisotopic (exact) mass is 419 g/mol. The Kier molecular flexibility index (Phi) is 5.22. The van der Waals surface area contributed by atoms with Gasteiger partial charge in [0, 0.05) is 17.6 Å². The summed E-state index contributed by atoms with van der Waals surface area (Å²) in [4.78, 5) is 28.6. The molecule has 160 valence electrons. The van der Waals surface area contributed by atoms with Crippen LogP contribution in [-0.4, -0.2) is 44.4 Å². The first kappa shape index (κ1) is 20.6. The van der Waals surface area contributed by atoms with E-state index in [-0.39, 0.29) is 18.4 Å². The van der Waals surface area contributed by atoms with Gasteiger partial charge >= 0.3 is 0 Å². The fourth-order valence-electron chi connectivity index (χ4n) is 3.71. The standard InChI is InChI=1S/C23H25N5O3/c1-23(2,3)25-21(29)20-17-7-5-6-8-18(17)28-19(13-24-26-28)22(30)27(20)14-15-9-11-16(31-4)12-10-15/h5-13,20H,14H2,1-4H3,(H,25,29). The van der Waals surface area contributed by atoms with Crippen LogP contribution in [0.4, 0.5) is 0 Å². The third kappa shape index (κ3) is 4.01. The Balaban J connectivity index is 1.84. The van der Waals surface area contributed by atoms with E-state index in [2.05, 4.69) is 15.6 Å². The lowest BCUT2D eigenvalue weighted by atomic mass is 9.99. The van der Waals surface area contributed by atoms with Crippen molar-refractivity contribution >= 4 is 11.8 Å². The summed E-state index contributed by atoms with van der Waals surface area (Å²) in [6, 6.07) is 14.0. The van der Waals surface area contributed by atoms with Crippen LogP contribution in [0.1, 0.15) is 48.4 Å². The second kappa shape index (κ2) is 7.86. The van der Waals surface area contributed by atoms with E-state index >= 15 is 0 Å². The average Bonchev–Trinajstić information content (AvgIpc) is 3.19. The number of methoxy groups -OCH3 is 1. The molecule has 1 N–H and O–H groups in total. The highest BCUT2D eigenvalue weighted by molar-refractivity contribution is 5.98. The molecule has 0 radical (unpaired) electrons. The van der Waals surface area contributed by atoms with Gasteiger partial charge in [-0.1, -0.05) is 35.5 Å². The van der Waals surface area contributed by atoms with E-state index < -0.39 is 11.6 Å². The number of aromatic nitrogens is 3. The molecule has 0 fully saturated rings. The Hall–Kier alpha value is -3.68. The molecular formula is C23H25N5O3. The summed E-state index contributed by atoms with van der Waals surface area (Å²) >= 11 is 0. The van der Waals surface area contributed by atoms with Crippen LogP contribution in [-0.2, 0) is 11.3 Å². The minimum absolute atomic E-state index is 0.241. The van der Waals surface area contributed by atoms with Crippen LogP contribution < -0.4 is 10.1 Å². The van der Waals surface area contributed by atoms with Gasteiger partial charge in [-0.3, -0.25) is 9.59 Å². The van der Waals surface area contributed by atoms with Crippen LogP contribution in [0, 0.1) is 0 Å². The molecule has 31 heavy (non-hydrogen) atoms. The molecule has 0 saturated carbocycles. The van der Waals surface area contributed by atoms with E-state index in [1.54, 1.807) is 12.0 Å². The van der Waals surface area contributed by atoms with Crippen LogP contribution in [0.3, 0.4) is 0 Å². The summed E-state index contributed by atoms with van der Waals surface area (Å²) in [6.45, 7) is 5.99. The molecule has 2 aromatic carbocycles. The number of amides is 2. The molecule has 4 rings (SSSR count). The molecule has 0 aliphatic carbocycles. The number of fused-ring (bicyclic) bond motifs is 3. The fourth-order valence-corrected chi connectivity index (χ4v) is 3.71. The van der Waals surface area contributed by atoms with Crippen molar-refractivity contribution in [3.63, 3.8) is 0 Å². The number of ether oxygens (including phenoxy) is 1. The molecule has 1 aliphatic heterocycles. The normalized spacial score (nSPS) is 15.7. The van der Waals surface area contributed by atoms with Gasteiger partial charge < -0.3 is 15.0 Å². The smallest absolute Gasteiger partial charge is 0.275 e. The first-order chi connectivity index (χ1) is 14.8. The van der Waals surface area contributed by atoms with E-state index in [1.807, 2.05) is 69.3 Å². The van der Waals surface area contributed by atoms with E-state index in [1.165, 1.54) is 10.9 Å². The SMILES string of the molecule is COc1ccc(CN2C(=O)c3cnnn3-c3ccccc3C2C(=O)NC(C)(C)C)cc1. The predicted molar refractivity (Wildman–Crippen MR) is 115 cm³/mol. The van der Waals surface area contributed by atoms with Crippen LogP contribution in [0.25, 0.3) is 5.69 Å². The highest BCUT2D eigenvalue weighted by Gasteiger charge is 2.39. The van der Waals surface area contributed by atoms with Gasteiger partial charge in [0.05, 0.1) is 19.0 Å². The Morgan fingerprint density at radius 3 is 2.52 bits per heavy atom. The van der Waals surface area contributed by atoms with Crippen molar-refractivity contribution in [2.75, 3.05) is 7.11 Å². The minimum atomic E-state index is -0.827. The van der Waals surface area contributed by atoms with Gasteiger partial charge in [-0.05, 0) is 44.5 Å². The van der Waals surface area contributed by atoms with Crippen molar-refractivity contribution in [1.82, 2.24) is 25.2 Å². The number of para-hydroxylation sites is 1. The third-order valence-corrected chi connectivity index (χ3v) is 5.06. The molecule has 1 aliphatic rings. The van der Waals surface area contributed by atoms with Crippen LogP contribution in [0.15, 0.2) is 54.7 Å². The van der Waals surface area contributed by atoms with Crippen LogP contribution in [0.2, 0.25) is 0 Å². The molecule has 0 spiro atoms. The van der Waals surface area contributed by atoms with Gasteiger partial charge in [-0.2, -0.15) is 0 Å². The zero-order chi connectivity index (χ0) is 22.2. The minimum Gasteiger partial charge on any atom is -0.497 e. The molecule has 1 atom stereocenters. The molecule has 2 amide bonds. The highest BCUT2D eigenvalue weighted by atomic mass is 16.5. The van der Waals surface area contributed by atoms with Gasteiger partial charge in [0.25, 0.3) is 5.91 Å². The molecule has 2 heterocycles. The fraction of sp³-hybridized carbons (Fsp3) is 0.304. The van der Waals surface area contributed by atoms with E-state index in [0.29, 0.717) is 16.9 Å². The van der Waals surface area contributed by atoms with Gasteiger partial charge in [0.15, 0.2) is 5.69 Å². The molecule has 1 aromatic heterocycles. The molecule has 8 nitrogen and oxygen atoms in total. The number of carbonyl (C=O) groups excluding carboxylic acids is 2. The Morgan fingerprint density at radius 1 is 1.13 bits per heavy atom. The zero-order valence-electron chi connectivity index (χ0n) is 18.0. The lowest BCUT2D eigenvalue weighted by Gasteiger charge is -2.32. The summed E-state index contributed by atoms with van der Waals surface area (Å²) in [6.07, 6.45) is 1.43. The van der Waals surface area contributed by atoms with Crippen LogP contribution in [0.5, 0.6) is 5.75 Å². The summed E-state index contributed by atoms with van der Waals surface area (Å²) < 4.78 is 6.74. The van der Waals surface area contributed by atoms with Gasteiger partial charge in [0.2, 0.25) is 5.91 Å². The largest absolute Gasteiger partial charge is 0.497 e. The maximum absolute atomic E-state index is 13.6. The second-order valence-electron chi connectivity index (χ2n) is 8.51. The number of hydrogen-bond acceptors (Lipinski definition) is 5. The molecule has 0 bridgehead atoms. The topological polar surface area (TPSA) is 89.3 Å².